The lowest BCUT2D eigenvalue weighted by Crippen LogP contribution is -2.20. The fourth-order valence-electron chi connectivity index (χ4n) is 1.38. The van der Waals surface area contributed by atoms with Gasteiger partial charge in [-0.05, 0) is 13.0 Å². The first kappa shape index (κ1) is 13.9. The van der Waals surface area contributed by atoms with E-state index in [0.717, 1.165) is 6.07 Å². The highest BCUT2D eigenvalue weighted by Gasteiger charge is 2.14. The van der Waals surface area contributed by atoms with Crippen molar-refractivity contribution in [2.75, 3.05) is 12.4 Å². The molecule has 1 rings (SSSR count). The number of nitrogens with zero attached hydrogens (tertiary/aromatic N) is 1. The summed E-state index contributed by atoms with van der Waals surface area (Å²) in [6.45, 7) is 1.68. The normalized spacial score (nSPS) is 11.7. The number of hydrogen-bond donors (Lipinski definition) is 1. The first-order valence-corrected chi connectivity index (χ1v) is 5.21. The highest BCUT2D eigenvalue weighted by atomic mass is 19.1. The van der Waals surface area contributed by atoms with Gasteiger partial charge in [-0.2, -0.15) is 0 Å². The number of rotatable bonds is 5. The Hall–Kier alpha value is -2.18. The molecular formula is C11H13FN2O4. The second-order valence-corrected chi connectivity index (χ2v) is 3.75. The van der Waals surface area contributed by atoms with Crippen LogP contribution in [0.1, 0.15) is 13.3 Å². The molecule has 7 heteroatoms. The van der Waals surface area contributed by atoms with Crippen LogP contribution in [-0.2, 0) is 9.53 Å². The number of carbonyl (C=O) groups excluding carboxylic acids is 1. The molecule has 0 radical (unpaired) electrons. The summed E-state index contributed by atoms with van der Waals surface area (Å²) in [6.07, 6.45) is 0.0763. The Bertz CT molecular complexity index is 464. The van der Waals surface area contributed by atoms with Crippen LogP contribution in [0, 0.1) is 15.9 Å². The molecule has 0 aromatic heterocycles. The van der Waals surface area contributed by atoms with E-state index < -0.39 is 16.7 Å². The van der Waals surface area contributed by atoms with Crippen molar-refractivity contribution in [3.8, 4) is 0 Å². The SMILES string of the molecule is COC(=O)CC(C)Nc1ccc([N+](=O)[O-])cc1F. The molecule has 1 N–H and O–H groups in total. The zero-order valence-electron chi connectivity index (χ0n) is 9.97. The van der Waals surface area contributed by atoms with Crippen LogP contribution in [0.4, 0.5) is 15.8 Å². The Balaban J connectivity index is 2.73. The molecule has 0 bridgehead atoms. The first-order valence-electron chi connectivity index (χ1n) is 5.21. The maximum Gasteiger partial charge on any atom is 0.307 e. The van der Waals surface area contributed by atoms with Crippen molar-refractivity contribution in [1.82, 2.24) is 0 Å². The molecule has 0 fully saturated rings. The van der Waals surface area contributed by atoms with Gasteiger partial charge in [-0.25, -0.2) is 4.39 Å². The van der Waals surface area contributed by atoms with Crippen LogP contribution in [0.25, 0.3) is 0 Å². The van der Waals surface area contributed by atoms with Gasteiger partial charge in [0.15, 0.2) is 5.82 Å². The van der Waals surface area contributed by atoms with E-state index in [1.54, 1.807) is 6.92 Å². The largest absolute Gasteiger partial charge is 0.469 e. The molecule has 98 valence electrons. The van der Waals surface area contributed by atoms with Gasteiger partial charge in [0.1, 0.15) is 0 Å². The minimum Gasteiger partial charge on any atom is -0.469 e. The standard InChI is InChI=1S/C11H13FN2O4/c1-7(5-11(15)18-2)13-10-4-3-8(14(16)17)6-9(10)12/h3-4,6-7,13H,5H2,1-2H3. The zero-order chi connectivity index (χ0) is 13.7. The number of nitrogens with one attached hydrogen (secondary N) is 1. The first-order chi connectivity index (χ1) is 8.43. The maximum absolute atomic E-state index is 13.5. The molecule has 0 saturated carbocycles. The maximum atomic E-state index is 13.5. The van der Waals surface area contributed by atoms with Crippen LogP contribution in [0.2, 0.25) is 0 Å². The molecule has 0 spiro atoms. The van der Waals surface area contributed by atoms with Crippen molar-refractivity contribution in [2.45, 2.75) is 19.4 Å². The van der Waals surface area contributed by atoms with E-state index in [2.05, 4.69) is 10.1 Å². The van der Waals surface area contributed by atoms with Crippen molar-refractivity contribution < 1.29 is 18.8 Å². The molecule has 0 aliphatic rings. The Kier molecular flexibility index (Phi) is 4.59. The zero-order valence-corrected chi connectivity index (χ0v) is 9.97. The van der Waals surface area contributed by atoms with Gasteiger partial charge in [0.05, 0.1) is 30.2 Å². The molecule has 0 heterocycles. The molecule has 6 nitrogen and oxygen atoms in total. The smallest absolute Gasteiger partial charge is 0.307 e. The van der Waals surface area contributed by atoms with E-state index in [9.17, 15) is 19.3 Å². The molecule has 1 aromatic rings. The van der Waals surface area contributed by atoms with Crippen molar-refractivity contribution >= 4 is 17.3 Å². The van der Waals surface area contributed by atoms with E-state index in [1.165, 1.54) is 19.2 Å². The van der Waals surface area contributed by atoms with Crippen LogP contribution < -0.4 is 5.32 Å². The highest BCUT2D eigenvalue weighted by molar-refractivity contribution is 5.70. The van der Waals surface area contributed by atoms with Crippen molar-refractivity contribution in [3.63, 3.8) is 0 Å². The topological polar surface area (TPSA) is 81.5 Å². The van der Waals surface area contributed by atoms with Crippen molar-refractivity contribution in [3.05, 3.63) is 34.1 Å². The monoisotopic (exact) mass is 256 g/mol. The number of nitro benzene ring substituents is 1. The van der Waals surface area contributed by atoms with E-state index in [1.807, 2.05) is 0 Å². The third kappa shape index (κ3) is 3.69. The Morgan fingerprint density at radius 3 is 2.78 bits per heavy atom. The quantitative estimate of drug-likeness (QED) is 0.495. The fraction of sp³-hybridized carbons (Fsp3) is 0.364. The predicted octanol–water partition coefficient (Wildman–Crippen LogP) is 2.10. The fourth-order valence-corrected chi connectivity index (χ4v) is 1.38. The number of hydrogen-bond acceptors (Lipinski definition) is 5. The van der Waals surface area contributed by atoms with Gasteiger partial charge in [-0.1, -0.05) is 0 Å². The number of benzene rings is 1. The second kappa shape index (κ2) is 5.95. The van der Waals surface area contributed by atoms with E-state index in [-0.39, 0.29) is 23.8 Å². The van der Waals surface area contributed by atoms with Crippen molar-refractivity contribution in [2.24, 2.45) is 0 Å². The lowest BCUT2D eigenvalue weighted by molar-refractivity contribution is -0.385. The Labute approximate surface area is 103 Å². The van der Waals surface area contributed by atoms with Gasteiger partial charge >= 0.3 is 5.97 Å². The summed E-state index contributed by atoms with van der Waals surface area (Å²) in [6, 6.07) is 2.94. The number of methoxy groups -OCH3 is 1. The van der Waals surface area contributed by atoms with Crippen molar-refractivity contribution in [1.29, 1.82) is 0 Å². The third-order valence-electron chi connectivity index (χ3n) is 2.27. The number of ether oxygens (including phenoxy) is 1. The molecular weight excluding hydrogens is 243 g/mol. The second-order valence-electron chi connectivity index (χ2n) is 3.75. The molecule has 0 amide bonds. The number of anilines is 1. The lowest BCUT2D eigenvalue weighted by atomic mass is 10.2. The summed E-state index contributed by atoms with van der Waals surface area (Å²) in [4.78, 5) is 20.7. The summed E-state index contributed by atoms with van der Waals surface area (Å²) >= 11 is 0. The number of non-ortho nitro benzene ring substituents is 1. The number of halogens is 1. The lowest BCUT2D eigenvalue weighted by Gasteiger charge is -2.14. The van der Waals surface area contributed by atoms with Gasteiger partial charge in [-0.3, -0.25) is 14.9 Å². The molecule has 1 unspecified atom stereocenters. The Morgan fingerprint density at radius 2 is 2.28 bits per heavy atom. The minimum absolute atomic E-state index is 0.0763. The van der Waals surface area contributed by atoms with Gasteiger partial charge in [0, 0.05) is 12.1 Å². The average Bonchev–Trinajstić information content (AvgIpc) is 2.31. The summed E-state index contributed by atoms with van der Waals surface area (Å²) in [5, 5.41) is 13.2. The van der Waals surface area contributed by atoms with Crippen LogP contribution in [0.15, 0.2) is 18.2 Å². The molecule has 1 atom stereocenters. The average molecular weight is 256 g/mol. The van der Waals surface area contributed by atoms with Crippen LogP contribution in [0.5, 0.6) is 0 Å². The van der Waals surface area contributed by atoms with Gasteiger partial charge in [0.25, 0.3) is 5.69 Å². The molecule has 0 saturated heterocycles. The summed E-state index contributed by atoms with van der Waals surface area (Å²) in [7, 11) is 1.27. The summed E-state index contributed by atoms with van der Waals surface area (Å²) < 4.78 is 18.0. The van der Waals surface area contributed by atoms with Gasteiger partial charge in [-0.15, -0.1) is 0 Å². The summed E-state index contributed by atoms with van der Waals surface area (Å²) in [5.74, 6) is -1.15. The predicted molar refractivity (Wildman–Crippen MR) is 62.8 cm³/mol. The molecule has 0 aliphatic carbocycles. The minimum atomic E-state index is -0.735. The third-order valence-corrected chi connectivity index (χ3v) is 2.27. The molecule has 1 aromatic carbocycles. The summed E-state index contributed by atoms with van der Waals surface area (Å²) in [5.41, 5.74) is -0.212. The number of carbonyl (C=O) groups is 1. The van der Waals surface area contributed by atoms with Crippen LogP contribution in [-0.4, -0.2) is 24.0 Å². The van der Waals surface area contributed by atoms with E-state index >= 15 is 0 Å². The number of esters is 1. The Morgan fingerprint density at radius 1 is 1.61 bits per heavy atom. The van der Waals surface area contributed by atoms with Crippen LogP contribution in [0.3, 0.4) is 0 Å². The molecule has 18 heavy (non-hydrogen) atoms. The van der Waals surface area contributed by atoms with Gasteiger partial charge in [0.2, 0.25) is 0 Å². The highest BCUT2D eigenvalue weighted by Crippen LogP contribution is 2.21. The van der Waals surface area contributed by atoms with Crippen LogP contribution >= 0.6 is 0 Å². The van der Waals surface area contributed by atoms with Gasteiger partial charge < -0.3 is 10.1 Å². The van der Waals surface area contributed by atoms with E-state index in [4.69, 9.17) is 0 Å². The molecule has 0 aliphatic heterocycles. The number of nitro groups is 1. The van der Waals surface area contributed by atoms with E-state index in [0.29, 0.717) is 0 Å².